The summed E-state index contributed by atoms with van der Waals surface area (Å²) < 4.78 is 5.11. The van der Waals surface area contributed by atoms with E-state index in [4.69, 9.17) is 4.74 Å². The van der Waals surface area contributed by atoms with Crippen LogP contribution in [0.3, 0.4) is 0 Å². The molecule has 2 N–H and O–H groups in total. The number of hydrogen-bond acceptors (Lipinski definition) is 5. The standard InChI is InChI=1S/C15H19N3O2S/c1-11-17-13(10-21-11)6-7-16-9-15(19)18-12-4-3-5-14(8-12)20-2/h3-5,8,10,16H,6-7,9H2,1-2H3,(H,18,19). The van der Waals surface area contributed by atoms with Crippen LogP contribution in [-0.2, 0) is 11.2 Å². The van der Waals surface area contributed by atoms with Crippen LogP contribution in [0.5, 0.6) is 5.75 Å². The summed E-state index contributed by atoms with van der Waals surface area (Å²) >= 11 is 1.64. The Morgan fingerprint density at radius 2 is 2.29 bits per heavy atom. The van der Waals surface area contributed by atoms with Crippen molar-refractivity contribution in [3.63, 3.8) is 0 Å². The summed E-state index contributed by atoms with van der Waals surface area (Å²) in [6.07, 6.45) is 0.830. The van der Waals surface area contributed by atoms with Crippen molar-refractivity contribution in [2.75, 3.05) is 25.5 Å². The average Bonchev–Trinajstić information content (AvgIpc) is 2.89. The molecule has 21 heavy (non-hydrogen) atoms. The first-order valence-electron chi connectivity index (χ1n) is 6.73. The van der Waals surface area contributed by atoms with E-state index in [9.17, 15) is 4.79 Å². The third kappa shape index (κ3) is 5.17. The van der Waals surface area contributed by atoms with E-state index in [2.05, 4.69) is 15.6 Å². The maximum atomic E-state index is 11.8. The first kappa shape index (κ1) is 15.5. The molecular formula is C15H19N3O2S. The third-order valence-corrected chi connectivity index (χ3v) is 3.69. The van der Waals surface area contributed by atoms with E-state index in [0.717, 1.165) is 35.1 Å². The zero-order valence-electron chi connectivity index (χ0n) is 12.2. The van der Waals surface area contributed by atoms with Gasteiger partial charge in [0.1, 0.15) is 5.75 Å². The summed E-state index contributed by atoms with van der Waals surface area (Å²) in [7, 11) is 1.60. The number of carbonyl (C=O) groups is 1. The fourth-order valence-corrected chi connectivity index (χ4v) is 2.49. The molecule has 0 spiro atoms. The highest BCUT2D eigenvalue weighted by molar-refractivity contribution is 7.09. The zero-order chi connectivity index (χ0) is 15.1. The fourth-order valence-electron chi connectivity index (χ4n) is 1.85. The van der Waals surface area contributed by atoms with Crippen LogP contribution in [0, 0.1) is 6.92 Å². The van der Waals surface area contributed by atoms with Crippen molar-refractivity contribution in [1.29, 1.82) is 0 Å². The molecule has 0 aliphatic carbocycles. The zero-order valence-corrected chi connectivity index (χ0v) is 13.0. The Hall–Kier alpha value is -1.92. The van der Waals surface area contributed by atoms with Crippen molar-refractivity contribution in [3.05, 3.63) is 40.3 Å². The molecule has 0 saturated heterocycles. The van der Waals surface area contributed by atoms with Crippen LogP contribution in [0.1, 0.15) is 10.7 Å². The van der Waals surface area contributed by atoms with E-state index >= 15 is 0 Å². The Morgan fingerprint density at radius 3 is 3.00 bits per heavy atom. The Kier molecular flexibility index (Phi) is 5.71. The van der Waals surface area contributed by atoms with Crippen LogP contribution in [0.15, 0.2) is 29.6 Å². The van der Waals surface area contributed by atoms with Crippen molar-refractivity contribution in [1.82, 2.24) is 10.3 Å². The number of benzene rings is 1. The van der Waals surface area contributed by atoms with Gasteiger partial charge in [0.15, 0.2) is 0 Å². The first-order valence-corrected chi connectivity index (χ1v) is 7.61. The number of rotatable bonds is 7. The number of thiazole rings is 1. The van der Waals surface area contributed by atoms with Gasteiger partial charge in [-0.1, -0.05) is 6.07 Å². The normalized spacial score (nSPS) is 10.4. The van der Waals surface area contributed by atoms with E-state index in [0.29, 0.717) is 0 Å². The van der Waals surface area contributed by atoms with E-state index in [1.165, 1.54) is 0 Å². The summed E-state index contributed by atoms with van der Waals surface area (Å²) in [6, 6.07) is 7.30. The number of carbonyl (C=O) groups excluding carboxylic acids is 1. The summed E-state index contributed by atoms with van der Waals surface area (Å²) in [5, 5.41) is 9.06. The van der Waals surface area contributed by atoms with Gasteiger partial charge >= 0.3 is 0 Å². The molecule has 0 bridgehead atoms. The molecule has 1 amide bonds. The van der Waals surface area contributed by atoms with Crippen LogP contribution in [0.25, 0.3) is 0 Å². The predicted octanol–water partition coefficient (Wildman–Crippen LogP) is 2.23. The minimum atomic E-state index is -0.0716. The lowest BCUT2D eigenvalue weighted by atomic mass is 10.3. The first-order chi connectivity index (χ1) is 10.2. The lowest BCUT2D eigenvalue weighted by molar-refractivity contribution is -0.115. The molecule has 0 radical (unpaired) electrons. The molecule has 2 rings (SSSR count). The Labute approximate surface area is 128 Å². The van der Waals surface area contributed by atoms with E-state index in [-0.39, 0.29) is 12.5 Å². The smallest absolute Gasteiger partial charge is 0.238 e. The summed E-state index contributed by atoms with van der Waals surface area (Å²) in [6.45, 7) is 3.00. The number of amides is 1. The van der Waals surface area contributed by atoms with Gasteiger partial charge in [-0.2, -0.15) is 0 Å². The maximum Gasteiger partial charge on any atom is 0.238 e. The third-order valence-electron chi connectivity index (χ3n) is 2.86. The molecule has 1 aromatic heterocycles. The lowest BCUT2D eigenvalue weighted by Gasteiger charge is -2.07. The van der Waals surface area contributed by atoms with Gasteiger partial charge in [-0.3, -0.25) is 4.79 Å². The second kappa shape index (κ2) is 7.75. The van der Waals surface area contributed by atoms with Crippen molar-refractivity contribution in [3.8, 4) is 5.75 Å². The quantitative estimate of drug-likeness (QED) is 0.770. The fraction of sp³-hybridized carbons (Fsp3) is 0.333. The van der Waals surface area contributed by atoms with Gasteiger partial charge in [0, 0.05) is 30.1 Å². The number of methoxy groups -OCH3 is 1. The second-order valence-corrected chi connectivity index (χ2v) is 5.63. The number of hydrogen-bond donors (Lipinski definition) is 2. The summed E-state index contributed by atoms with van der Waals surface area (Å²) in [4.78, 5) is 16.2. The lowest BCUT2D eigenvalue weighted by Crippen LogP contribution is -2.29. The van der Waals surface area contributed by atoms with Crippen LogP contribution in [-0.4, -0.2) is 31.1 Å². The van der Waals surface area contributed by atoms with Crippen LogP contribution < -0.4 is 15.4 Å². The van der Waals surface area contributed by atoms with E-state index in [1.807, 2.05) is 30.5 Å². The largest absolute Gasteiger partial charge is 0.497 e. The molecule has 1 heterocycles. The van der Waals surface area contributed by atoms with Crippen molar-refractivity contribution in [2.45, 2.75) is 13.3 Å². The predicted molar refractivity (Wildman–Crippen MR) is 85.0 cm³/mol. The van der Waals surface area contributed by atoms with Gasteiger partial charge in [-0.15, -0.1) is 11.3 Å². The van der Waals surface area contributed by atoms with E-state index in [1.54, 1.807) is 24.5 Å². The molecule has 6 heteroatoms. The Bertz CT molecular complexity index is 598. The number of ether oxygens (including phenoxy) is 1. The number of nitrogens with one attached hydrogen (secondary N) is 2. The Morgan fingerprint density at radius 1 is 1.43 bits per heavy atom. The molecule has 0 unspecified atom stereocenters. The van der Waals surface area contributed by atoms with Crippen molar-refractivity contribution in [2.24, 2.45) is 0 Å². The minimum Gasteiger partial charge on any atom is -0.497 e. The molecule has 2 aromatic rings. The molecule has 112 valence electrons. The Balaban J connectivity index is 1.69. The second-order valence-electron chi connectivity index (χ2n) is 4.56. The molecule has 0 saturated carbocycles. The SMILES string of the molecule is COc1cccc(NC(=O)CNCCc2csc(C)n2)c1. The number of aryl methyl sites for hydroxylation is 1. The molecule has 0 atom stereocenters. The van der Waals surface area contributed by atoms with Crippen molar-refractivity contribution >= 4 is 22.9 Å². The molecule has 5 nitrogen and oxygen atoms in total. The average molecular weight is 305 g/mol. The maximum absolute atomic E-state index is 11.8. The topological polar surface area (TPSA) is 63.2 Å². The number of aromatic nitrogens is 1. The summed E-state index contributed by atoms with van der Waals surface area (Å²) in [5.74, 6) is 0.650. The van der Waals surface area contributed by atoms with Gasteiger partial charge in [-0.05, 0) is 19.1 Å². The molecule has 0 aliphatic rings. The highest BCUT2D eigenvalue weighted by Gasteiger charge is 2.03. The molecule has 1 aromatic carbocycles. The van der Waals surface area contributed by atoms with Gasteiger partial charge in [0.05, 0.1) is 24.4 Å². The van der Waals surface area contributed by atoms with Crippen LogP contribution in [0.4, 0.5) is 5.69 Å². The van der Waals surface area contributed by atoms with E-state index < -0.39 is 0 Å². The monoisotopic (exact) mass is 305 g/mol. The molecule has 0 aliphatic heterocycles. The van der Waals surface area contributed by atoms with Crippen molar-refractivity contribution < 1.29 is 9.53 Å². The highest BCUT2D eigenvalue weighted by Crippen LogP contribution is 2.16. The highest BCUT2D eigenvalue weighted by atomic mass is 32.1. The minimum absolute atomic E-state index is 0.0716. The number of nitrogens with zero attached hydrogens (tertiary/aromatic N) is 1. The summed E-state index contributed by atoms with van der Waals surface area (Å²) in [5.41, 5.74) is 1.80. The molecule has 0 fully saturated rings. The van der Waals surface area contributed by atoms with Crippen LogP contribution >= 0.6 is 11.3 Å². The van der Waals surface area contributed by atoms with Crippen LogP contribution in [0.2, 0.25) is 0 Å². The molecular weight excluding hydrogens is 286 g/mol. The van der Waals surface area contributed by atoms with Gasteiger partial charge in [0.2, 0.25) is 5.91 Å². The number of anilines is 1. The van der Waals surface area contributed by atoms with Gasteiger partial charge < -0.3 is 15.4 Å². The van der Waals surface area contributed by atoms with Gasteiger partial charge in [-0.25, -0.2) is 4.98 Å². The van der Waals surface area contributed by atoms with Gasteiger partial charge in [0.25, 0.3) is 0 Å².